The van der Waals surface area contributed by atoms with Crippen molar-refractivity contribution in [1.82, 2.24) is 4.57 Å². The number of amides is 1. The first-order valence-electron chi connectivity index (χ1n) is 11.7. The summed E-state index contributed by atoms with van der Waals surface area (Å²) in [6.45, 7) is 5.53. The van der Waals surface area contributed by atoms with Crippen LogP contribution in [0.15, 0.2) is 41.2 Å². The van der Waals surface area contributed by atoms with E-state index >= 15 is 0 Å². The molecule has 166 valence electrons. The van der Waals surface area contributed by atoms with Gasteiger partial charge in [0, 0.05) is 42.5 Å². The third-order valence-electron chi connectivity index (χ3n) is 7.69. The SMILES string of the molecule is C[NH+]1CCC([NH+]2C[C@@H]3C[C@H](C2)c2ccc(NC(=O)c4ccc(C#N)cc4)c(=O)n2C3)CC1. The van der Waals surface area contributed by atoms with Crippen LogP contribution in [-0.4, -0.2) is 49.7 Å². The van der Waals surface area contributed by atoms with Gasteiger partial charge in [-0.05, 0) is 42.8 Å². The first-order chi connectivity index (χ1) is 15.5. The van der Waals surface area contributed by atoms with Crippen molar-refractivity contribution < 1.29 is 14.6 Å². The highest BCUT2D eigenvalue weighted by Gasteiger charge is 2.41. The molecule has 2 fully saturated rings. The Morgan fingerprint density at radius 3 is 2.59 bits per heavy atom. The molecule has 7 nitrogen and oxygen atoms in total. The number of nitrogens with zero attached hydrogens (tertiary/aromatic N) is 2. The molecule has 2 bridgehead atoms. The normalized spacial score (nSPS) is 28.9. The Morgan fingerprint density at radius 1 is 1.12 bits per heavy atom. The molecule has 0 spiro atoms. The van der Waals surface area contributed by atoms with Gasteiger partial charge in [-0.3, -0.25) is 9.59 Å². The number of likely N-dealkylation sites (tertiary alicyclic amines) is 2. The van der Waals surface area contributed by atoms with Gasteiger partial charge >= 0.3 is 0 Å². The molecule has 0 saturated carbocycles. The van der Waals surface area contributed by atoms with Gasteiger partial charge in [-0.15, -0.1) is 0 Å². The Morgan fingerprint density at radius 2 is 1.88 bits per heavy atom. The van der Waals surface area contributed by atoms with Crippen molar-refractivity contribution in [3.05, 3.63) is 63.6 Å². The van der Waals surface area contributed by atoms with E-state index in [0.29, 0.717) is 28.7 Å². The van der Waals surface area contributed by atoms with E-state index in [-0.39, 0.29) is 11.5 Å². The fourth-order valence-corrected chi connectivity index (χ4v) is 5.94. The number of aromatic nitrogens is 1. The Hall–Kier alpha value is -2.95. The van der Waals surface area contributed by atoms with Crippen LogP contribution in [0.1, 0.15) is 46.8 Å². The predicted octanol–water partition coefficient (Wildman–Crippen LogP) is -0.349. The second kappa shape index (κ2) is 8.53. The molecule has 1 amide bonds. The van der Waals surface area contributed by atoms with Gasteiger partial charge in [0.25, 0.3) is 11.5 Å². The van der Waals surface area contributed by atoms with Crippen molar-refractivity contribution in [2.24, 2.45) is 5.92 Å². The van der Waals surface area contributed by atoms with Crippen LogP contribution in [0.2, 0.25) is 0 Å². The van der Waals surface area contributed by atoms with Crippen LogP contribution >= 0.6 is 0 Å². The molecule has 32 heavy (non-hydrogen) atoms. The van der Waals surface area contributed by atoms with Gasteiger partial charge in [0.2, 0.25) is 0 Å². The Labute approximate surface area is 188 Å². The van der Waals surface area contributed by atoms with Crippen molar-refractivity contribution >= 4 is 11.6 Å². The van der Waals surface area contributed by atoms with Gasteiger partial charge in [0.15, 0.2) is 0 Å². The first-order valence-corrected chi connectivity index (χ1v) is 11.7. The van der Waals surface area contributed by atoms with E-state index in [1.807, 2.05) is 16.7 Å². The number of hydrogen-bond donors (Lipinski definition) is 3. The maximum atomic E-state index is 13.2. The van der Waals surface area contributed by atoms with Crippen molar-refractivity contribution in [1.29, 1.82) is 5.26 Å². The van der Waals surface area contributed by atoms with E-state index in [2.05, 4.69) is 12.4 Å². The quantitative estimate of drug-likeness (QED) is 0.619. The minimum Gasteiger partial charge on any atom is -0.337 e. The van der Waals surface area contributed by atoms with Crippen molar-refractivity contribution in [2.45, 2.75) is 37.8 Å². The number of pyridine rings is 1. The van der Waals surface area contributed by atoms with Crippen LogP contribution in [0.4, 0.5) is 5.69 Å². The second-order valence-electron chi connectivity index (χ2n) is 9.83. The number of rotatable bonds is 3. The zero-order chi connectivity index (χ0) is 22.2. The zero-order valence-electron chi connectivity index (χ0n) is 18.6. The van der Waals surface area contributed by atoms with Gasteiger partial charge in [-0.25, -0.2) is 0 Å². The molecule has 1 aromatic heterocycles. The lowest BCUT2D eigenvalue weighted by Gasteiger charge is -2.44. The number of nitriles is 1. The number of quaternary nitrogens is 2. The van der Waals surface area contributed by atoms with Crippen LogP contribution < -0.4 is 20.7 Å². The summed E-state index contributed by atoms with van der Waals surface area (Å²) in [6.07, 6.45) is 3.76. The molecule has 3 atom stereocenters. The average Bonchev–Trinajstić information content (AvgIpc) is 2.81. The van der Waals surface area contributed by atoms with Gasteiger partial charge in [0.05, 0.1) is 50.9 Å². The molecule has 2 saturated heterocycles. The van der Waals surface area contributed by atoms with E-state index in [4.69, 9.17) is 5.26 Å². The molecular weight excluding hydrogens is 402 g/mol. The van der Waals surface area contributed by atoms with E-state index in [1.165, 1.54) is 25.9 Å². The third-order valence-corrected chi connectivity index (χ3v) is 7.69. The lowest BCUT2D eigenvalue weighted by atomic mass is 9.82. The average molecular weight is 434 g/mol. The smallest absolute Gasteiger partial charge is 0.274 e. The first kappa shape index (κ1) is 20.9. The van der Waals surface area contributed by atoms with Crippen LogP contribution in [0.3, 0.4) is 0 Å². The molecule has 3 N–H and O–H groups in total. The maximum Gasteiger partial charge on any atom is 0.274 e. The summed E-state index contributed by atoms with van der Waals surface area (Å²) in [5, 5.41) is 11.7. The number of fused-ring (bicyclic) bond motifs is 4. The minimum atomic E-state index is -0.330. The number of piperidine rings is 2. The van der Waals surface area contributed by atoms with Crippen LogP contribution in [-0.2, 0) is 6.54 Å². The number of benzene rings is 1. The van der Waals surface area contributed by atoms with Crippen molar-refractivity contribution in [3.8, 4) is 6.07 Å². The van der Waals surface area contributed by atoms with Crippen molar-refractivity contribution in [3.63, 3.8) is 0 Å². The van der Waals surface area contributed by atoms with Gasteiger partial charge in [-0.1, -0.05) is 0 Å². The molecular formula is C25H31N5O2+2. The lowest BCUT2D eigenvalue weighted by Crippen LogP contribution is -3.21. The Bertz CT molecular complexity index is 1110. The monoisotopic (exact) mass is 433 g/mol. The van der Waals surface area contributed by atoms with Crippen molar-refractivity contribution in [2.75, 3.05) is 38.5 Å². The number of hydrogen-bond acceptors (Lipinski definition) is 3. The largest absolute Gasteiger partial charge is 0.337 e. The maximum absolute atomic E-state index is 13.2. The lowest BCUT2D eigenvalue weighted by molar-refractivity contribution is -0.959. The Balaban J connectivity index is 1.33. The highest BCUT2D eigenvalue weighted by Crippen LogP contribution is 2.31. The molecule has 0 radical (unpaired) electrons. The zero-order valence-corrected chi connectivity index (χ0v) is 18.6. The van der Waals surface area contributed by atoms with Crippen LogP contribution in [0.25, 0.3) is 0 Å². The summed E-state index contributed by atoms with van der Waals surface area (Å²) >= 11 is 0. The fraction of sp³-hybridized carbons (Fsp3) is 0.480. The number of carbonyl (C=O) groups is 1. The fourth-order valence-electron chi connectivity index (χ4n) is 5.94. The summed E-state index contributed by atoms with van der Waals surface area (Å²) in [6, 6.07) is 13.0. The number of carbonyl (C=O) groups excluding carboxylic acids is 1. The third kappa shape index (κ3) is 3.96. The van der Waals surface area contributed by atoms with Gasteiger partial charge < -0.3 is 19.7 Å². The summed E-state index contributed by atoms with van der Waals surface area (Å²) in [5.41, 5.74) is 2.27. The Kier molecular flexibility index (Phi) is 5.58. The molecule has 3 aliphatic rings. The van der Waals surface area contributed by atoms with Gasteiger partial charge in [-0.2, -0.15) is 5.26 Å². The van der Waals surface area contributed by atoms with Crippen LogP contribution in [0, 0.1) is 17.2 Å². The van der Waals surface area contributed by atoms with Gasteiger partial charge in [0.1, 0.15) is 5.69 Å². The number of nitrogens with one attached hydrogen (secondary N) is 3. The second-order valence-corrected chi connectivity index (χ2v) is 9.83. The number of anilines is 1. The van der Waals surface area contributed by atoms with Crippen LogP contribution in [0.5, 0.6) is 0 Å². The standard InChI is InChI=1S/C25H29N5O2/c1-28-10-8-21(9-11-28)29-14-18-12-20(16-29)23-7-6-22(25(32)30(23)15-18)27-24(31)19-4-2-17(13-26)3-5-19/h2-7,18,20-21H,8-12,14-16H2,1H3,(H,27,31)/p+2/t18-,20+/m0/s1. The highest BCUT2D eigenvalue weighted by atomic mass is 16.2. The molecule has 3 aliphatic heterocycles. The minimum absolute atomic E-state index is 0.106. The molecule has 5 rings (SSSR count). The summed E-state index contributed by atoms with van der Waals surface area (Å²) < 4.78 is 1.91. The van der Waals surface area contributed by atoms with E-state index in [1.54, 1.807) is 40.1 Å². The molecule has 0 aliphatic carbocycles. The molecule has 4 heterocycles. The van der Waals surface area contributed by atoms with E-state index in [9.17, 15) is 9.59 Å². The predicted molar refractivity (Wildman–Crippen MR) is 121 cm³/mol. The molecule has 2 aromatic rings. The topological polar surface area (TPSA) is 83.8 Å². The highest BCUT2D eigenvalue weighted by molar-refractivity contribution is 6.04. The van der Waals surface area contributed by atoms with E-state index in [0.717, 1.165) is 37.8 Å². The molecule has 1 unspecified atom stereocenters. The summed E-state index contributed by atoms with van der Waals surface area (Å²) in [5.74, 6) is 0.606. The molecule has 1 aromatic carbocycles. The van der Waals surface area contributed by atoms with E-state index < -0.39 is 0 Å². The summed E-state index contributed by atoms with van der Waals surface area (Å²) in [7, 11) is 2.29. The molecule has 7 heteroatoms. The summed E-state index contributed by atoms with van der Waals surface area (Å²) in [4.78, 5) is 29.2.